The average Bonchev–Trinajstić information content (AvgIpc) is 3.04. The van der Waals surface area contributed by atoms with E-state index in [4.69, 9.17) is 5.11 Å². The monoisotopic (exact) mass is 287 g/mol. The summed E-state index contributed by atoms with van der Waals surface area (Å²) < 4.78 is 1.41. The fraction of sp³-hybridized carbons (Fsp3) is 0. The molecule has 0 atom stereocenters. The van der Waals surface area contributed by atoms with Gasteiger partial charge in [0, 0.05) is 12.4 Å². The van der Waals surface area contributed by atoms with Crippen molar-refractivity contribution in [3.63, 3.8) is 0 Å². The first-order chi connectivity index (χ1) is 9.63. The van der Waals surface area contributed by atoms with Gasteiger partial charge >= 0.3 is 12.0 Å². The summed E-state index contributed by atoms with van der Waals surface area (Å²) in [4.78, 5) is 26.7. The Hall–Kier alpha value is -2.67. The Morgan fingerprint density at radius 1 is 1.20 bits per heavy atom. The van der Waals surface area contributed by atoms with E-state index in [2.05, 4.69) is 10.3 Å². The topological polar surface area (TPSA) is 84.2 Å². The number of carboxylic acid groups (broad SMARTS) is 1. The van der Waals surface area contributed by atoms with Gasteiger partial charge in [0.15, 0.2) is 5.13 Å². The number of carbonyl (C=O) groups excluding carboxylic acids is 1. The highest BCUT2D eigenvalue weighted by molar-refractivity contribution is 7.17. The summed E-state index contributed by atoms with van der Waals surface area (Å²) in [5, 5.41) is 13.5. The minimum Gasteiger partial charge on any atom is -0.477 e. The van der Waals surface area contributed by atoms with E-state index in [0.29, 0.717) is 0 Å². The van der Waals surface area contributed by atoms with Gasteiger partial charge in [0.2, 0.25) is 0 Å². The second-order valence-electron chi connectivity index (χ2n) is 4.06. The number of benzene rings is 1. The van der Waals surface area contributed by atoms with Crippen LogP contribution in [-0.2, 0) is 0 Å². The van der Waals surface area contributed by atoms with Crippen molar-refractivity contribution in [2.45, 2.75) is 0 Å². The van der Waals surface area contributed by atoms with Gasteiger partial charge in [-0.25, -0.2) is 14.6 Å². The van der Waals surface area contributed by atoms with Crippen LogP contribution in [0, 0.1) is 0 Å². The minimum absolute atomic E-state index is 0.0815. The van der Waals surface area contributed by atoms with E-state index in [1.54, 1.807) is 12.4 Å². The number of anilines is 1. The Labute approximate surface area is 117 Å². The van der Waals surface area contributed by atoms with Gasteiger partial charge < -0.3 is 5.11 Å². The maximum Gasteiger partial charge on any atom is 0.347 e. The van der Waals surface area contributed by atoms with Crippen molar-refractivity contribution in [2.75, 3.05) is 5.32 Å². The fourth-order valence-electron chi connectivity index (χ4n) is 1.79. The number of aromatic carboxylic acids is 1. The van der Waals surface area contributed by atoms with E-state index in [9.17, 15) is 9.59 Å². The summed E-state index contributed by atoms with van der Waals surface area (Å²) in [7, 11) is 0. The molecule has 0 aliphatic rings. The van der Waals surface area contributed by atoms with Crippen LogP contribution in [0.4, 0.5) is 9.93 Å². The third-order valence-corrected chi connectivity index (χ3v) is 3.62. The van der Waals surface area contributed by atoms with Gasteiger partial charge in [0.25, 0.3) is 0 Å². The molecule has 0 spiro atoms. The molecular formula is C13H9N3O3S. The molecule has 7 heteroatoms. The first-order valence-electron chi connectivity index (χ1n) is 5.71. The van der Waals surface area contributed by atoms with Crippen LogP contribution < -0.4 is 5.32 Å². The molecule has 0 aliphatic heterocycles. The number of nitrogens with one attached hydrogen (secondary N) is 1. The molecule has 0 saturated carbocycles. The Kier molecular flexibility index (Phi) is 2.96. The number of thiazole rings is 1. The second kappa shape index (κ2) is 4.78. The molecule has 1 aromatic carbocycles. The normalized spacial score (nSPS) is 10.6. The summed E-state index contributed by atoms with van der Waals surface area (Å²) in [5.41, 5.74) is 0. The molecule has 0 unspecified atom stereocenters. The zero-order valence-electron chi connectivity index (χ0n) is 10.1. The molecule has 0 bridgehead atoms. The third kappa shape index (κ3) is 2.26. The number of aromatic nitrogens is 2. The SMILES string of the molecule is O=C(O)c1cnc(NC(=O)n2cc3ccccc3c2)s1. The summed E-state index contributed by atoms with van der Waals surface area (Å²) in [6, 6.07) is 7.22. The molecular weight excluding hydrogens is 278 g/mol. The predicted octanol–water partition coefficient (Wildman–Crippen LogP) is 2.88. The van der Waals surface area contributed by atoms with Gasteiger partial charge in [-0.05, 0) is 10.8 Å². The molecule has 0 radical (unpaired) electrons. The molecule has 2 aromatic heterocycles. The van der Waals surface area contributed by atoms with Crippen LogP contribution in [-0.4, -0.2) is 26.7 Å². The van der Waals surface area contributed by atoms with Gasteiger partial charge in [0.1, 0.15) is 4.88 Å². The molecule has 0 saturated heterocycles. The number of amides is 1. The van der Waals surface area contributed by atoms with Gasteiger partial charge in [-0.15, -0.1) is 0 Å². The van der Waals surface area contributed by atoms with Gasteiger partial charge in [-0.2, -0.15) is 0 Å². The maximum absolute atomic E-state index is 12.0. The van der Waals surface area contributed by atoms with Crippen molar-refractivity contribution < 1.29 is 14.7 Å². The highest BCUT2D eigenvalue weighted by Gasteiger charge is 2.12. The molecule has 2 heterocycles. The number of fused-ring (bicyclic) bond motifs is 1. The molecule has 100 valence electrons. The molecule has 0 aliphatic carbocycles. The predicted molar refractivity (Wildman–Crippen MR) is 75.4 cm³/mol. The lowest BCUT2D eigenvalue weighted by atomic mass is 10.2. The molecule has 1 amide bonds. The van der Waals surface area contributed by atoms with Crippen molar-refractivity contribution in [1.82, 2.24) is 9.55 Å². The van der Waals surface area contributed by atoms with E-state index in [0.717, 1.165) is 22.1 Å². The number of rotatable bonds is 2. The number of hydrogen-bond donors (Lipinski definition) is 2. The van der Waals surface area contributed by atoms with E-state index < -0.39 is 5.97 Å². The van der Waals surface area contributed by atoms with Gasteiger partial charge in [-0.1, -0.05) is 35.6 Å². The number of hydrogen-bond acceptors (Lipinski definition) is 4. The Morgan fingerprint density at radius 2 is 1.85 bits per heavy atom. The molecule has 6 nitrogen and oxygen atoms in total. The first kappa shape index (κ1) is 12.4. The van der Waals surface area contributed by atoms with Crippen LogP contribution >= 0.6 is 11.3 Å². The molecule has 0 fully saturated rings. The quantitative estimate of drug-likeness (QED) is 0.759. The minimum atomic E-state index is -1.06. The number of carbonyl (C=O) groups is 2. The van der Waals surface area contributed by atoms with Crippen LogP contribution in [0.1, 0.15) is 9.67 Å². The second-order valence-corrected chi connectivity index (χ2v) is 5.09. The molecule has 3 rings (SSSR count). The van der Waals surface area contributed by atoms with Crippen molar-refractivity contribution in [1.29, 1.82) is 0 Å². The Balaban J connectivity index is 1.83. The highest BCUT2D eigenvalue weighted by atomic mass is 32.1. The van der Waals surface area contributed by atoms with Crippen LogP contribution in [0.2, 0.25) is 0 Å². The van der Waals surface area contributed by atoms with Crippen LogP contribution in [0.15, 0.2) is 42.9 Å². The van der Waals surface area contributed by atoms with Crippen LogP contribution in [0.3, 0.4) is 0 Å². The van der Waals surface area contributed by atoms with E-state index in [1.807, 2.05) is 24.3 Å². The van der Waals surface area contributed by atoms with E-state index in [-0.39, 0.29) is 16.0 Å². The largest absolute Gasteiger partial charge is 0.477 e. The Morgan fingerprint density at radius 3 is 2.40 bits per heavy atom. The zero-order chi connectivity index (χ0) is 14.1. The molecule has 2 N–H and O–H groups in total. The summed E-state index contributed by atoms with van der Waals surface area (Å²) in [5.74, 6) is -1.06. The van der Waals surface area contributed by atoms with Crippen molar-refractivity contribution in [2.24, 2.45) is 0 Å². The Bertz CT molecular complexity index is 773. The highest BCUT2D eigenvalue weighted by Crippen LogP contribution is 2.19. The zero-order valence-corrected chi connectivity index (χ0v) is 10.9. The first-order valence-corrected chi connectivity index (χ1v) is 6.52. The maximum atomic E-state index is 12.0. The summed E-state index contributed by atoms with van der Waals surface area (Å²) in [6.07, 6.45) is 4.63. The van der Waals surface area contributed by atoms with Crippen molar-refractivity contribution in [3.05, 3.63) is 47.7 Å². The lowest BCUT2D eigenvalue weighted by molar-refractivity contribution is 0.0702. The van der Waals surface area contributed by atoms with Crippen LogP contribution in [0.5, 0.6) is 0 Å². The molecule has 3 aromatic rings. The fourth-order valence-corrected chi connectivity index (χ4v) is 2.43. The van der Waals surface area contributed by atoms with E-state index in [1.165, 1.54) is 10.8 Å². The van der Waals surface area contributed by atoms with Gasteiger partial charge in [-0.3, -0.25) is 9.88 Å². The van der Waals surface area contributed by atoms with Crippen LogP contribution in [0.25, 0.3) is 10.8 Å². The molecule has 20 heavy (non-hydrogen) atoms. The summed E-state index contributed by atoms with van der Waals surface area (Å²) in [6.45, 7) is 0. The standard InChI is InChI=1S/C13H9N3O3S/c17-11(18)10-5-14-12(20-10)15-13(19)16-6-8-3-1-2-4-9(8)7-16/h1-7H,(H,17,18)(H,14,15,19). The lowest BCUT2D eigenvalue weighted by Gasteiger charge is -2.00. The number of carboxylic acids is 1. The smallest absolute Gasteiger partial charge is 0.347 e. The average molecular weight is 287 g/mol. The lowest BCUT2D eigenvalue weighted by Crippen LogP contribution is -2.17. The third-order valence-electron chi connectivity index (χ3n) is 2.72. The van der Waals surface area contributed by atoms with Crippen molar-refractivity contribution >= 4 is 39.2 Å². The van der Waals surface area contributed by atoms with Gasteiger partial charge in [0.05, 0.1) is 6.20 Å². The summed E-state index contributed by atoms with van der Waals surface area (Å²) >= 11 is 0.915. The number of nitrogens with zero attached hydrogens (tertiary/aromatic N) is 2. The van der Waals surface area contributed by atoms with E-state index >= 15 is 0 Å². The van der Waals surface area contributed by atoms with Crippen molar-refractivity contribution in [3.8, 4) is 0 Å².